The van der Waals surface area contributed by atoms with Crippen LogP contribution in [-0.4, -0.2) is 46.1 Å². The minimum Gasteiger partial charge on any atom is -0.481 e. The fourth-order valence-electron chi connectivity index (χ4n) is 4.57. The molecular formula is C24H25N3O2. The van der Waals surface area contributed by atoms with Crippen molar-refractivity contribution in [3.8, 4) is 0 Å². The summed E-state index contributed by atoms with van der Waals surface area (Å²) in [6.45, 7) is 3.85. The highest BCUT2D eigenvalue weighted by molar-refractivity contribution is 5.89. The van der Waals surface area contributed by atoms with E-state index in [0.717, 1.165) is 42.8 Å². The summed E-state index contributed by atoms with van der Waals surface area (Å²) in [5, 5.41) is 11.3. The third-order valence-electron chi connectivity index (χ3n) is 6.29. The van der Waals surface area contributed by atoms with Gasteiger partial charge in [0.05, 0.1) is 12.1 Å². The first kappa shape index (κ1) is 18.1. The molecule has 1 saturated heterocycles. The fraction of sp³-hybridized carbons (Fsp3) is 0.333. The van der Waals surface area contributed by atoms with Crippen LogP contribution in [0.5, 0.6) is 0 Å². The van der Waals surface area contributed by atoms with Crippen molar-refractivity contribution in [2.75, 3.05) is 24.5 Å². The van der Waals surface area contributed by atoms with Gasteiger partial charge >= 0.3 is 5.97 Å². The average Bonchev–Trinajstić information content (AvgIpc) is 3.50. The quantitative estimate of drug-likeness (QED) is 0.723. The molecular weight excluding hydrogens is 362 g/mol. The van der Waals surface area contributed by atoms with Crippen molar-refractivity contribution in [2.24, 2.45) is 0 Å². The van der Waals surface area contributed by atoms with Gasteiger partial charge in [0.15, 0.2) is 0 Å². The molecule has 2 heterocycles. The maximum Gasteiger partial charge on any atom is 0.309 e. The molecule has 0 radical (unpaired) electrons. The molecule has 5 rings (SSSR count). The Labute approximate surface area is 170 Å². The zero-order valence-corrected chi connectivity index (χ0v) is 16.4. The second-order valence-corrected chi connectivity index (χ2v) is 8.27. The van der Waals surface area contributed by atoms with E-state index in [0.29, 0.717) is 5.69 Å². The molecule has 29 heavy (non-hydrogen) atoms. The maximum absolute atomic E-state index is 11.4. The van der Waals surface area contributed by atoms with E-state index in [1.807, 2.05) is 24.3 Å². The number of benzene rings is 2. The largest absolute Gasteiger partial charge is 0.481 e. The molecule has 1 saturated carbocycles. The van der Waals surface area contributed by atoms with Crippen molar-refractivity contribution in [2.45, 2.75) is 31.3 Å². The highest BCUT2D eigenvalue weighted by Gasteiger charge is 2.51. The van der Waals surface area contributed by atoms with Crippen LogP contribution in [0.2, 0.25) is 0 Å². The molecule has 2 aliphatic rings. The van der Waals surface area contributed by atoms with E-state index in [1.165, 1.54) is 18.4 Å². The van der Waals surface area contributed by atoms with Gasteiger partial charge in [-0.05, 0) is 29.9 Å². The number of rotatable bonds is 5. The summed E-state index contributed by atoms with van der Waals surface area (Å²) in [7, 11) is 0. The second-order valence-electron chi connectivity index (χ2n) is 8.27. The summed E-state index contributed by atoms with van der Waals surface area (Å²) >= 11 is 0. The predicted molar refractivity (Wildman–Crippen MR) is 114 cm³/mol. The number of carboxylic acids is 1. The van der Waals surface area contributed by atoms with Crippen LogP contribution in [0.1, 0.15) is 24.1 Å². The zero-order valence-electron chi connectivity index (χ0n) is 16.4. The molecule has 5 heteroatoms. The van der Waals surface area contributed by atoms with Crippen LogP contribution in [0, 0.1) is 0 Å². The van der Waals surface area contributed by atoms with E-state index in [9.17, 15) is 9.90 Å². The molecule has 0 unspecified atom stereocenters. The van der Waals surface area contributed by atoms with Gasteiger partial charge in [0, 0.05) is 37.1 Å². The molecule has 1 spiro atoms. The lowest BCUT2D eigenvalue weighted by Crippen LogP contribution is -2.54. The Morgan fingerprint density at radius 3 is 2.55 bits per heavy atom. The molecule has 1 N–H and O–H groups in total. The molecule has 0 bridgehead atoms. The van der Waals surface area contributed by atoms with Gasteiger partial charge in [-0.25, -0.2) is 4.98 Å². The lowest BCUT2D eigenvalue weighted by atomic mass is 10.1. The summed E-state index contributed by atoms with van der Waals surface area (Å²) in [6.07, 6.45) is 2.38. The Balaban J connectivity index is 1.41. The number of aromatic nitrogens is 1. The molecule has 0 amide bonds. The number of aliphatic carboxylic acids is 1. The Morgan fingerprint density at radius 2 is 1.79 bits per heavy atom. The van der Waals surface area contributed by atoms with E-state index in [2.05, 4.69) is 46.2 Å². The SMILES string of the molecule is O=C(O)Cc1nc(N2CCN(Cc3ccccc3)C3(CC3)C2)cc2ccccc12. The predicted octanol–water partition coefficient (Wildman–Crippen LogP) is 3.72. The molecule has 0 atom stereocenters. The summed E-state index contributed by atoms with van der Waals surface area (Å²) in [5.41, 5.74) is 2.25. The van der Waals surface area contributed by atoms with Gasteiger partial charge in [-0.2, -0.15) is 0 Å². The zero-order chi connectivity index (χ0) is 19.8. The number of carboxylic acid groups (broad SMARTS) is 1. The van der Waals surface area contributed by atoms with Gasteiger partial charge in [0.1, 0.15) is 5.82 Å². The summed E-state index contributed by atoms with van der Waals surface area (Å²) in [4.78, 5) is 21.1. The molecule has 2 aromatic carbocycles. The lowest BCUT2D eigenvalue weighted by Gasteiger charge is -2.43. The van der Waals surface area contributed by atoms with Crippen LogP contribution in [0.15, 0.2) is 60.7 Å². The number of fused-ring (bicyclic) bond motifs is 1. The Kier molecular flexibility index (Phi) is 4.47. The number of carbonyl (C=O) groups is 1. The van der Waals surface area contributed by atoms with E-state index < -0.39 is 5.97 Å². The Morgan fingerprint density at radius 1 is 1.03 bits per heavy atom. The van der Waals surface area contributed by atoms with Crippen LogP contribution in [0.4, 0.5) is 5.82 Å². The van der Waals surface area contributed by atoms with Gasteiger partial charge in [0.25, 0.3) is 0 Å². The number of nitrogens with zero attached hydrogens (tertiary/aromatic N) is 3. The molecule has 1 aliphatic heterocycles. The van der Waals surface area contributed by atoms with Crippen molar-refractivity contribution >= 4 is 22.6 Å². The Bertz CT molecular complexity index is 1050. The number of hydrogen-bond acceptors (Lipinski definition) is 4. The van der Waals surface area contributed by atoms with Crippen molar-refractivity contribution in [3.63, 3.8) is 0 Å². The van der Waals surface area contributed by atoms with Crippen molar-refractivity contribution < 1.29 is 9.90 Å². The summed E-state index contributed by atoms with van der Waals surface area (Å²) in [5.74, 6) is 0.0664. The third-order valence-corrected chi connectivity index (χ3v) is 6.29. The highest BCUT2D eigenvalue weighted by Crippen LogP contribution is 2.45. The normalized spacial score (nSPS) is 18.3. The fourth-order valence-corrected chi connectivity index (χ4v) is 4.57. The van der Waals surface area contributed by atoms with Gasteiger partial charge in [-0.15, -0.1) is 0 Å². The average molecular weight is 387 g/mol. The molecule has 1 aliphatic carbocycles. The number of anilines is 1. The molecule has 148 valence electrons. The van der Waals surface area contributed by atoms with Crippen molar-refractivity contribution in [1.82, 2.24) is 9.88 Å². The van der Waals surface area contributed by atoms with Gasteiger partial charge in [-0.1, -0.05) is 54.6 Å². The number of piperazine rings is 1. The van der Waals surface area contributed by atoms with Crippen LogP contribution < -0.4 is 4.90 Å². The number of hydrogen-bond donors (Lipinski definition) is 1. The third kappa shape index (κ3) is 3.58. The highest BCUT2D eigenvalue weighted by atomic mass is 16.4. The Hall–Kier alpha value is -2.92. The molecule has 2 fully saturated rings. The topological polar surface area (TPSA) is 56.7 Å². The monoisotopic (exact) mass is 387 g/mol. The molecule has 3 aromatic rings. The van der Waals surface area contributed by atoms with Crippen LogP contribution in [0.25, 0.3) is 10.8 Å². The molecule has 5 nitrogen and oxygen atoms in total. The first-order valence-electron chi connectivity index (χ1n) is 10.3. The first-order valence-corrected chi connectivity index (χ1v) is 10.3. The smallest absolute Gasteiger partial charge is 0.309 e. The first-order chi connectivity index (χ1) is 14.1. The van der Waals surface area contributed by atoms with Crippen molar-refractivity contribution in [3.05, 3.63) is 71.9 Å². The van der Waals surface area contributed by atoms with E-state index in [4.69, 9.17) is 4.98 Å². The second kappa shape index (κ2) is 7.16. The lowest BCUT2D eigenvalue weighted by molar-refractivity contribution is -0.136. The van der Waals surface area contributed by atoms with Crippen molar-refractivity contribution in [1.29, 1.82) is 0 Å². The van der Waals surface area contributed by atoms with E-state index >= 15 is 0 Å². The molecule has 1 aromatic heterocycles. The van der Waals surface area contributed by atoms with E-state index in [-0.39, 0.29) is 12.0 Å². The standard InChI is InChI=1S/C24H25N3O2/c28-23(29)15-21-20-9-5-4-8-19(20)14-22(25-21)26-12-13-27(24(17-26)10-11-24)16-18-6-2-1-3-7-18/h1-9,14H,10-13,15-17H2,(H,28,29). The number of pyridine rings is 1. The van der Waals surface area contributed by atoms with Crippen LogP contribution in [0.3, 0.4) is 0 Å². The van der Waals surface area contributed by atoms with Gasteiger partial charge in [0.2, 0.25) is 0 Å². The van der Waals surface area contributed by atoms with Gasteiger partial charge < -0.3 is 10.0 Å². The summed E-state index contributed by atoms with van der Waals surface area (Å²) < 4.78 is 0. The summed E-state index contributed by atoms with van der Waals surface area (Å²) in [6, 6.07) is 20.7. The van der Waals surface area contributed by atoms with E-state index in [1.54, 1.807) is 0 Å². The van der Waals surface area contributed by atoms with Gasteiger partial charge in [-0.3, -0.25) is 9.69 Å². The minimum atomic E-state index is -0.842. The van der Waals surface area contributed by atoms with Crippen LogP contribution >= 0.6 is 0 Å². The maximum atomic E-state index is 11.4. The minimum absolute atomic E-state index is 0.0481. The van der Waals surface area contributed by atoms with Crippen LogP contribution in [-0.2, 0) is 17.8 Å².